The number of ketones is 1. The number of carbonyl (C=O) groups excluding carboxylic acids is 1. The fourth-order valence-electron chi connectivity index (χ4n) is 3.76. The van der Waals surface area contributed by atoms with Gasteiger partial charge in [-0.1, -0.05) is 18.2 Å². The number of nitrogens with zero attached hydrogens (tertiary/aromatic N) is 1. The summed E-state index contributed by atoms with van der Waals surface area (Å²) >= 11 is 0. The molecule has 1 aromatic rings. The maximum absolute atomic E-state index is 11.6. The van der Waals surface area contributed by atoms with Crippen LogP contribution >= 0.6 is 0 Å². The van der Waals surface area contributed by atoms with Gasteiger partial charge >= 0.3 is 0 Å². The van der Waals surface area contributed by atoms with Gasteiger partial charge in [0.25, 0.3) is 0 Å². The Bertz CT molecular complexity index is 629. The molecule has 2 aliphatic heterocycles. The van der Waals surface area contributed by atoms with Crippen LogP contribution in [-0.2, 0) is 4.79 Å². The van der Waals surface area contributed by atoms with E-state index in [0.717, 1.165) is 30.9 Å². The molecular weight excluding hydrogens is 304 g/mol. The molecule has 3 rings (SSSR count). The average molecular weight is 330 g/mol. The van der Waals surface area contributed by atoms with E-state index in [1.807, 2.05) is 25.1 Å². The van der Waals surface area contributed by atoms with Crippen molar-refractivity contribution < 1.29 is 14.3 Å². The number of nitrogens with two attached hydrogens (primary N) is 1. The first-order chi connectivity index (χ1) is 11.6. The van der Waals surface area contributed by atoms with Gasteiger partial charge in [-0.25, -0.2) is 0 Å². The lowest BCUT2D eigenvalue weighted by molar-refractivity contribution is -0.118. The fraction of sp³-hybridized carbons (Fsp3) is 0.526. The van der Waals surface area contributed by atoms with E-state index in [-0.39, 0.29) is 11.8 Å². The zero-order chi connectivity index (χ0) is 17.1. The van der Waals surface area contributed by atoms with E-state index in [1.54, 1.807) is 6.92 Å². The Morgan fingerprint density at radius 1 is 1.42 bits per heavy atom. The SMILES string of the molecule is C/C=C/C(N)CC1CC(c2ccc3c(c2)OCO3)CN1CC(C)=O. The summed E-state index contributed by atoms with van der Waals surface area (Å²) in [5.41, 5.74) is 7.43. The van der Waals surface area contributed by atoms with Gasteiger partial charge in [0.15, 0.2) is 11.5 Å². The van der Waals surface area contributed by atoms with Crippen molar-refractivity contribution in [2.24, 2.45) is 5.73 Å². The Balaban J connectivity index is 1.74. The van der Waals surface area contributed by atoms with Crippen LogP contribution in [0.3, 0.4) is 0 Å². The number of Topliss-reactive ketones (excluding diaryl/α,β-unsaturated/α-hetero) is 1. The summed E-state index contributed by atoms with van der Waals surface area (Å²) in [7, 11) is 0. The van der Waals surface area contributed by atoms with E-state index >= 15 is 0 Å². The Morgan fingerprint density at radius 3 is 2.96 bits per heavy atom. The Hall–Kier alpha value is -1.85. The molecule has 0 radical (unpaired) electrons. The smallest absolute Gasteiger partial charge is 0.231 e. The minimum atomic E-state index is 0.0324. The summed E-state index contributed by atoms with van der Waals surface area (Å²) in [6.45, 7) is 5.30. The molecule has 0 spiro atoms. The lowest BCUT2D eigenvalue weighted by Gasteiger charge is -2.24. The van der Waals surface area contributed by atoms with Crippen LogP contribution in [0.25, 0.3) is 0 Å². The van der Waals surface area contributed by atoms with Crippen LogP contribution < -0.4 is 15.2 Å². The second kappa shape index (κ2) is 7.36. The summed E-state index contributed by atoms with van der Waals surface area (Å²) in [5.74, 6) is 2.22. The first-order valence-electron chi connectivity index (χ1n) is 8.58. The number of hydrogen-bond acceptors (Lipinski definition) is 5. The molecule has 0 amide bonds. The maximum atomic E-state index is 11.6. The number of allylic oxidation sites excluding steroid dienone is 1. The molecule has 0 aromatic heterocycles. The maximum Gasteiger partial charge on any atom is 0.231 e. The molecule has 24 heavy (non-hydrogen) atoms. The highest BCUT2D eigenvalue weighted by molar-refractivity contribution is 5.77. The summed E-state index contributed by atoms with van der Waals surface area (Å²) in [6.07, 6.45) is 5.90. The molecule has 1 fully saturated rings. The van der Waals surface area contributed by atoms with Gasteiger partial charge in [0.2, 0.25) is 6.79 Å². The Labute approximate surface area is 143 Å². The third-order valence-corrected chi connectivity index (χ3v) is 4.81. The van der Waals surface area contributed by atoms with Crippen molar-refractivity contribution in [2.75, 3.05) is 19.9 Å². The van der Waals surface area contributed by atoms with Crippen molar-refractivity contribution in [1.82, 2.24) is 4.90 Å². The number of hydrogen-bond donors (Lipinski definition) is 1. The molecule has 2 N–H and O–H groups in total. The zero-order valence-corrected chi connectivity index (χ0v) is 14.4. The molecule has 130 valence electrons. The molecule has 2 aliphatic rings. The van der Waals surface area contributed by atoms with Crippen LogP contribution in [0.15, 0.2) is 30.4 Å². The van der Waals surface area contributed by atoms with Crippen LogP contribution in [-0.4, -0.2) is 42.6 Å². The van der Waals surface area contributed by atoms with Crippen LogP contribution in [0, 0.1) is 0 Å². The predicted molar refractivity (Wildman–Crippen MR) is 93.4 cm³/mol. The highest BCUT2D eigenvalue weighted by Crippen LogP contribution is 2.39. The molecule has 0 saturated carbocycles. The molecule has 5 nitrogen and oxygen atoms in total. The molecule has 3 atom stereocenters. The number of rotatable bonds is 6. The Morgan fingerprint density at radius 2 is 2.21 bits per heavy atom. The molecule has 1 aromatic carbocycles. The van der Waals surface area contributed by atoms with Gasteiger partial charge in [-0.3, -0.25) is 9.69 Å². The summed E-state index contributed by atoms with van der Waals surface area (Å²) in [4.78, 5) is 13.9. The van der Waals surface area contributed by atoms with Crippen molar-refractivity contribution in [3.8, 4) is 11.5 Å². The lowest BCUT2D eigenvalue weighted by Crippen LogP contribution is -2.37. The van der Waals surface area contributed by atoms with Crippen LogP contribution in [0.1, 0.15) is 38.2 Å². The fourth-order valence-corrected chi connectivity index (χ4v) is 3.76. The van der Waals surface area contributed by atoms with Gasteiger partial charge in [-0.05, 0) is 50.3 Å². The number of benzene rings is 1. The standard InChI is InChI=1S/C19H26N2O3/c1-3-4-16(20)9-17-7-15(11-21(17)10-13(2)22)14-5-6-18-19(8-14)24-12-23-18/h3-6,8,15-17H,7,9-12,20H2,1-2H3/b4-3+. The molecule has 2 heterocycles. The molecule has 5 heteroatoms. The minimum absolute atomic E-state index is 0.0324. The molecule has 0 bridgehead atoms. The van der Waals surface area contributed by atoms with Gasteiger partial charge in [0.05, 0.1) is 6.54 Å². The predicted octanol–water partition coefficient (Wildman–Crippen LogP) is 2.46. The molecule has 0 aliphatic carbocycles. The first-order valence-corrected chi connectivity index (χ1v) is 8.58. The highest BCUT2D eigenvalue weighted by Gasteiger charge is 2.34. The average Bonchev–Trinajstić information content (AvgIpc) is 3.13. The minimum Gasteiger partial charge on any atom is -0.454 e. The summed E-state index contributed by atoms with van der Waals surface area (Å²) in [5, 5.41) is 0. The number of likely N-dealkylation sites (tertiary alicyclic amines) is 1. The van der Waals surface area contributed by atoms with Crippen molar-refractivity contribution in [3.63, 3.8) is 0 Å². The first kappa shape index (κ1) is 17.0. The van der Waals surface area contributed by atoms with Crippen molar-refractivity contribution in [2.45, 2.75) is 44.7 Å². The van der Waals surface area contributed by atoms with Crippen molar-refractivity contribution >= 4 is 5.78 Å². The normalized spacial score (nSPS) is 24.6. The van der Waals surface area contributed by atoms with Gasteiger partial charge in [0.1, 0.15) is 5.78 Å². The zero-order valence-electron chi connectivity index (χ0n) is 14.4. The van der Waals surface area contributed by atoms with Crippen LogP contribution in [0.4, 0.5) is 0 Å². The third kappa shape index (κ3) is 3.79. The van der Waals surface area contributed by atoms with E-state index in [1.165, 1.54) is 5.56 Å². The monoisotopic (exact) mass is 330 g/mol. The molecule has 1 saturated heterocycles. The van der Waals surface area contributed by atoms with Gasteiger partial charge < -0.3 is 15.2 Å². The van der Waals surface area contributed by atoms with Gasteiger partial charge in [0, 0.05) is 18.6 Å². The quantitative estimate of drug-likeness (QED) is 0.812. The Kier molecular flexibility index (Phi) is 5.21. The molecule has 3 unspecified atom stereocenters. The summed E-state index contributed by atoms with van der Waals surface area (Å²) in [6, 6.07) is 6.53. The van der Waals surface area contributed by atoms with E-state index in [9.17, 15) is 4.79 Å². The third-order valence-electron chi connectivity index (χ3n) is 4.81. The van der Waals surface area contributed by atoms with E-state index in [2.05, 4.69) is 17.0 Å². The van der Waals surface area contributed by atoms with Crippen molar-refractivity contribution in [3.05, 3.63) is 35.9 Å². The number of ether oxygens (including phenoxy) is 2. The largest absolute Gasteiger partial charge is 0.454 e. The van der Waals surface area contributed by atoms with Gasteiger partial charge in [-0.2, -0.15) is 0 Å². The second-order valence-corrected chi connectivity index (χ2v) is 6.76. The number of carbonyl (C=O) groups is 1. The molecular formula is C19H26N2O3. The van der Waals surface area contributed by atoms with Crippen LogP contribution in [0.2, 0.25) is 0 Å². The second-order valence-electron chi connectivity index (χ2n) is 6.76. The summed E-state index contributed by atoms with van der Waals surface area (Å²) < 4.78 is 10.9. The van der Waals surface area contributed by atoms with Gasteiger partial charge in [-0.15, -0.1) is 0 Å². The highest BCUT2D eigenvalue weighted by atomic mass is 16.7. The van der Waals surface area contributed by atoms with E-state index < -0.39 is 0 Å². The lowest BCUT2D eigenvalue weighted by atomic mass is 9.94. The topological polar surface area (TPSA) is 64.8 Å². The van der Waals surface area contributed by atoms with E-state index in [0.29, 0.717) is 25.3 Å². The van der Waals surface area contributed by atoms with E-state index in [4.69, 9.17) is 15.2 Å². The van der Waals surface area contributed by atoms with Crippen LogP contribution in [0.5, 0.6) is 11.5 Å². The van der Waals surface area contributed by atoms with Crippen molar-refractivity contribution in [1.29, 1.82) is 0 Å². The number of fused-ring (bicyclic) bond motifs is 1.